The van der Waals surface area contributed by atoms with Crippen molar-refractivity contribution in [1.29, 1.82) is 0 Å². The van der Waals surface area contributed by atoms with Crippen LogP contribution in [0.4, 0.5) is 26.3 Å². The van der Waals surface area contributed by atoms with Gasteiger partial charge in [-0.15, -0.1) is 0 Å². The van der Waals surface area contributed by atoms with Crippen molar-refractivity contribution in [2.75, 3.05) is 0 Å². The predicted molar refractivity (Wildman–Crippen MR) is 107 cm³/mol. The Bertz CT molecular complexity index is 1420. The first-order chi connectivity index (χ1) is 17.7. The van der Waals surface area contributed by atoms with Gasteiger partial charge in [0.25, 0.3) is 0 Å². The molecule has 0 heterocycles. The molecule has 4 N–H and O–H groups in total. The summed E-state index contributed by atoms with van der Waals surface area (Å²) in [4.78, 5) is 44.5. The first-order valence-corrected chi connectivity index (χ1v) is 9.48. The summed E-state index contributed by atoms with van der Waals surface area (Å²) in [6.45, 7) is 0. The van der Waals surface area contributed by atoms with E-state index >= 15 is 0 Å². The van der Waals surface area contributed by atoms with Gasteiger partial charge < -0.3 is 29.9 Å². The van der Waals surface area contributed by atoms with Gasteiger partial charge in [-0.2, -0.15) is 8.78 Å². The molecular weight excluding hydrogens is 538 g/mol. The molecule has 0 saturated heterocycles. The van der Waals surface area contributed by atoms with Crippen LogP contribution >= 0.6 is 0 Å². The third-order valence-electron chi connectivity index (χ3n) is 4.68. The first-order valence-electron chi connectivity index (χ1n) is 9.48. The number of hydrogen-bond acceptors (Lipinski definition) is 6. The van der Waals surface area contributed by atoms with Gasteiger partial charge in [-0.1, -0.05) is 0 Å². The Labute approximate surface area is 204 Å². The molecule has 0 unspecified atom stereocenters. The number of ether oxygens (including phenoxy) is 2. The van der Waals surface area contributed by atoms with E-state index in [1.165, 1.54) is 0 Å². The van der Waals surface area contributed by atoms with Crippen molar-refractivity contribution in [3.63, 3.8) is 0 Å². The smallest absolute Gasteiger partial charge is 0.339 e. The standard InChI is InChI=1S/C22H8F6O10/c23-11-7(19(29)30)9(21(33)34)13(25)17(15(11)27)37-5-1-2-6(4-3-5)38-18-14(26)10(22(35)36)8(20(31)32)12(24)16(18)28/h1-4H,(H,29,30)(H,31,32)(H,33,34)(H,35,36). The van der Waals surface area contributed by atoms with Crippen LogP contribution in [0.3, 0.4) is 0 Å². The van der Waals surface area contributed by atoms with Crippen LogP contribution in [0.15, 0.2) is 24.3 Å². The van der Waals surface area contributed by atoms with E-state index in [1.54, 1.807) is 0 Å². The molecule has 0 radical (unpaired) electrons. The predicted octanol–water partition coefficient (Wildman–Crippen LogP) is 4.90. The lowest BCUT2D eigenvalue weighted by atomic mass is 10.0. The molecule has 10 nitrogen and oxygen atoms in total. The fourth-order valence-electron chi connectivity index (χ4n) is 3.07. The summed E-state index contributed by atoms with van der Waals surface area (Å²) >= 11 is 0. The monoisotopic (exact) mass is 546 g/mol. The summed E-state index contributed by atoms with van der Waals surface area (Å²) in [6, 6.07) is 3.03. The molecule has 3 aromatic carbocycles. The van der Waals surface area contributed by atoms with Gasteiger partial charge in [0, 0.05) is 0 Å². The molecule has 0 spiro atoms. The summed E-state index contributed by atoms with van der Waals surface area (Å²) in [5.74, 6) is -26.7. The van der Waals surface area contributed by atoms with Gasteiger partial charge >= 0.3 is 23.9 Å². The average molecular weight is 546 g/mol. The summed E-state index contributed by atoms with van der Waals surface area (Å²) in [5, 5.41) is 35.8. The van der Waals surface area contributed by atoms with Gasteiger partial charge in [0.15, 0.2) is 23.3 Å². The molecule has 0 aliphatic heterocycles. The van der Waals surface area contributed by atoms with E-state index in [9.17, 15) is 45.5 Å². The minimum Gasteiger partial charge on any atom is -0.478 e. The number of rotatable bonds is 8. The Morgan fingerprint density at radius 1 is 0.447 bits per heavy atom. The van der Waals surface area contributed by atoms with Crippen LogP contribution in [0.5, 0.6) is 23.0 Å². The summed E-state index contributed by atoms with van der Waals surface area (Å²) in [5.41, 5.74) is -7.12. The number of carboxylic acids is 4. The number of benzene rings is 3. The van der Waals surface area contributed by atoms with E-state index < -0.39 is 104 Å². The van der Waals surface area contributed by atoms with E-state index in [4.69, 9.17) is 29.9 Å². The second kappa shape index (κ2) is 10.00. The van der Waals surface area contributed by atoms with Crippen molar-refractivity contribution in [3.8, 4) is 23.0 Å². The van der Waals surface area contributed by atoms with Crippen LogP contribution in [0.1, 0.15) is 41.4 Å². The molecular formula is C22H8F6O10. The molecule has 3 aromatic rings. The highest BCUT2D eigenvalue weighted by Gasteiger charge is 2.35. The van der Waals surface area contributed by atoms with Crippen molar-refractivity contribution < 1.29 is 75.4 Å². The van der Waals surface area contributed by atoms with Crippen LogP contribution in [0.2, 0.25) is 0 Å². The van der Waals surface area contributed by atoms with Gasteiger partial charge in [-0.3, -0.25) is 0 Å². The summed E-state index contributed by atoms with van der Waals surface area (Å²) in [7, 11) is 0. The molecule has 0 fully saturated rings. The van der Waals surface area contributed by atoms with Crippen molar-refractivity contribution in [3.05, 3.63) is 81.4 Å². The topological polar surface area (TPSA) is 168 Å². The normalized spacial score (nSPS) is 10.7. The lowest BCUT2D eigenvalue weighted by molar-refractivity contribution is 0.0640. The zero-order valence-electron chi connectivity index (χ0n) is 17.8. The maximum atomic E-state index is 14.5. The molecule has 0 amide bonds. The van der Waals surface area contributed by atoms with Gasteiger partial charge in [0.1, 0.15) is 33.8 Å². The molecule has 0 aliphatic rings. The molecule has 38 heavy (non-hydrogen) atoms. The number of hydrogen-bond donors (Lipinski definition) is 4. The minimum atomic E-state index is -2.29. The second-order valence-electron chi connectivity index (χ2n) is 6.94. The molecule has 3 rings (SSSR count). The fraction of sp³-hybridized carbons (Fsp3) is 0. The molecule has 0 atom stereocenters. The Morgan fingerprint density at radius 2 is 0.684 bits per heavy atom. The second-order valence-corrected chi connectivity index (χ2v) is 6.94. The van der Waals surface area contributed by atoms with Crippen LogP contribution in [0, 0.1) is 34.9 Å². The molecule has 0 aromatic heterocycles. The quantitative estimate of drug-likeness (QED) is 0.225. The molecule has 198 valence electrons. The SMILES string of the molecule is O=C(O)c1c(F)c(F)c(Oc2ccc(Oc3c(F)c(F)c(C(=O)O)c(C(=O)O)c3F)cc2)c(F)c1C(=O)O. The van der Waals surface area contributed by atoms with Gasteiger partial charge in [-0.25, -0.2) is 36.7 Å². The lowest BCUT2D eigenvalue weighted by Crippen LogP contribution is -2.16. The largest absolute Gasteiger partial charge is 0.478 e. The third kappa shape index (κ3) is 4.61. The average Bonchev–Trinajstić information content (AvgIpc) is 2.83. The van der Waals surface area contributed by atoms with Crippen molar-refractivity contribution in [1.82, 2.24) is 0 Å². The number of carboxylic acid groups (broad SMARTS) is 4. The maximum Gasteiger partial charge on any atom is 0.339 e. The van der Waals surface area contributed by atoms with Crippen molar-refractivity contribution in [2.45, 2.75) is 0 Å². The lowest BCUT2D eigenvalue weighted by Gasteiger charge is -2.14. The Morgan fingerprint density at radius 3 is 0.921 bits per heavy atom. The zero-order chi connectivity index (χ0) is 28.6. The molecule has 0 saturated carbocycles. The number of halogens is 6. The van der Waals surface area contributed by atoms with E-state index in [-0.39, 0.29) is 0 Å². The van der Waals surface area contributed by atoms with Gasteiger partial charge in [0.05, 0.1) is 0 Å². The van der Waals surface area contributed by atoms with Crippen molar-refractivity contribution in [2.24, 2.45) is 0 Å². The van der Waals surface area contributed by atoms with E-state index in [2.05, 4.69) is 0 Å². The van der Waals surface area contributed by atoms with Crippen molar-refractivity contribution >= 4 is 23.9 Å². The Balaban J connectivity index is 2.01. The van der Waals surface area contributed by atoms with Gasteiger partial charge in [-0.05, 0) is 24.3 Å². The Hall–Kier alpha value is -5.28. The fourth-order valence-corrected chi connectivity index (χ4v) is 3.07. The first kappa shape index (κ1) is 27.3. The van der Waals surface area contributed by atoms with Gasteiger partial charge in [0.2, 0.25) is 23.1 Å². The highest BCUT2D eigenvalue weighted by atomic mass is 19.2. The van der Waals surface area contributed by atoms with E-state index in [0.29, 0.717) is 0 Å². The highest BCUT2D eigenvalue weighted by molar-refractivity contribution is 6.03. The molecule has 0 aliphatic carbocycles. The van der Waals surface area contributed by atoms with Crippen LogP contribution in [-0.4, -0.2) is 44.3 Å². The maximum absolute atomic E-state index is 14.5. The minimum absolute atomic E-state index is 0.589. The summed E-state index contributed by atoms with van der Waals surface area (Å²) in [6.07, 6.45) is 0. The third-order valence-corrected chi connectivity index (χ3v) is 4.68. The van der Waals surface area contributed by atoms with Crippen LogP contribution in [0.25, 0.3) is 0 Å². The van der Waals surface area contributed by atoms with E-state index in [1.807, 2.05) is 0 Å². The van der Waals surface area contributed by atoms with Crippen LogP contribution < -0.4 is 9.47 Å². The summed E-state index contributed by atoms with van der Waals surface area (Å²) < 4.78 is 95.4. The number of carbonyl (C=O) groups is 4. The highest BCUT2D eigenvalue weighted by Crippen LogP contribution is 2.37. The molecule has 0 bridgehead atoms. The zero-order valence-corrected chi connectivity index (χ0v) is 17.8. The van der Waals surface area contributed by atoms with E-state index in [0.717, 1.165) is 24.3 Å². The van der Waals surface area contributed by atoms with Crippen LogP contribution in [-0.2, 0) is 0 Å². The molecule has 16 heteroatoms. The number of aromatic carboxylic acids is 4. The Kier molecular flexibility index (Phi) is 7.18.